The van der Waals surface area contributed by atoms with Crippen LogP contribution in [0.25, 0.3) is 0 Å². The molecular weight excluding hydrogens is 463 g/mol. The Kier molecular flexibility index (Phi) is 25.7. The molecule has 0 aromatic heterocycles. The zero-order chi connectivity index (χ0) is 26.1. The van der Waals surface area contributed by atoms with E-state index in [1.54, 1.807) is 0 Å². The minimum atomic E-state index is -4.08. The average molecular weight is 519 g/mol. The number of unbranched alkanes of at least 4 members (excludes halogenated alkanes) is 18. The Morgan fingerprint density at radius 3 is 0.971 bits per heavy atom. The zero-order valence-electron chi connectivity index (χ0n) is 22.4. The summed E-state index contributed by atoms with van der Waals surface area (Å²) in [5.41, 5.74) is 0. The molecule has 0 aliphatic carbocycles. The third kappa shape index (κ3) is 33.8. The van der Waals surface area contributed by atoms with Gasteiger partial charge in [0.15, 0.2) is 0 Å². The molecular formula is C26H55F3NO3S+. The molecule has 0 unspecified atom stereocenters. The topological polar surface area (TPSA) is 58.8 Å². The highest BCUT2D eigenvalue weighted by Gasteiger charge is 2.41. The van der Waals surface area contributed by atoms with E-state index in [9.17, 15) is 21.6 Å². The van der Waals surface area contributed by atoms with Crippen molar-refractivity contribution in [2.24, 2.45) is 0 Å². The van der Waals surface area contributed by atoms with Crippen LogP contribution in [-0.4, -0.2) is 38.6 Å². The van der Waals surface area contributed by atoms with Gasteiger partial charge in [-0.3, -0.25) is 4.55 Å². The summed E-state index contributed by atoms with van der Waals surface area (Å²) < 4.78 is 65.6. The van der Waals surface area contributed by atoms with E-state index in [-0.39, 0.29) is 18.0 Å². The normalized spacial score (nSPS) is 12.1. The molecule has 0 aromatic carbocycles. The lowest BCUT2D eigenvalue weighted by molar-refractivity contribution is -1.01. The lowest BCUT2D eigenvalue weighted by atomic mass is 10.1. The van der Waals surface area contributed by atoms with Crippen molar-refractivity contribution in [1.29, 1.82) is 0 Å². The smallest absolute Gasteiger partial charge is 0.286 e. The fraction of sp³-hybridized carbons (Fsp3) is 1.00. The highest BCUT2D eigenvalue weighted by Crippen LogP contribution is 2.12. The van der Waals surface area contributed by atoms with Gasteiger partial charge in [0.25, 0.3) is 10.1 Å². The monoisotopic (exact) mass is 518 g/mol. The molecule has 0 amide bonds. The maximum atomic E-state index is 13.2. The second kappa shape index (κ2) is 24.4. The molecule has 0 atom stereocenters. The second-order valence-electron chi connectivity index (χ2n) is 9.70. The van der Waals surface area contributed by atoms with Crippen LogP contribution in [0.15, 0.2) is 0 Å². The summed E-state index contributed by atoms with van der Waals surface area (Å²) in [6.07, 6.45) is 20.1. The molecule has 0 spiro atoms. The summed E-state index contributed by atoms with van der Waals surface area (Å²) in [7, 11) is -3.67. The summed E-state index contributed by atoms with van der Waals surface area (Å²) in [4.78, 5) is -0.156. The van der Waals surface area contributed by atoms with Crippen LogP contribution in [0.1, 0.15) is 142 Å². The van der Waals surface area contributed by atoms with E-state index in [2.05, 4.69) is 13.8 Å². The molecule has 0 bridgehead atoms. The van der Waals surface area contributed by atoms with Crippen molar-refractivity contribution in [3.8, 4) is 0 Å². The van der Waals surface area contributed by atoms with Crippen LogP contribution >= 0.6 is 0 Å². The predicted molar refractivity (Wildman–Crippen MR) is 138 cm³/mol. The molecule has 0 heterocycles. The summed E-state index contributed by atoms with van der Waals surface area (Å²) in [5, 5.41) is 0. The molecule has 0 saturated carbocycles. The van der Waals surface area contributed by atoms with Gasteiger partial charge in [0, 0.05) is 0 Å². The van der Waals surface area contributed by atoms with Crippen molar-refractivity contribution in [3.05, 3.63) is 0 Å². The number of nitrogens with one attached hydrogen (secondary N) is 1. The lowest BCUT2D eigenvalue weighted by Crippen LogP contribution is -3.18. The number of alkyl halides is 3. The quantitative estimate of drug-likeness (QED) is 0.0875. The van der Waals surface area contributed by atoms with Crippen LogP contribution in [0.3, 0.4) is 0 Å². The fourth-order valence-electron chi connectivity index (χ4n) is 4.06. The predicted octanol–water partition coefficient (Wildman–Crippen LogP) is 7.74. The average Bonchev–Trinajstić information content (AvgIpc) is 2.72. The molecule has 208 valence electrons. The largest absolute Gasteiger partial charge is 0.559 e. The van der Waals surface area contributed by atoms with Crippen LogP contribution in [0.4, 0.5) is 13.2 Å². The van der Waals surface area contributed by atoms with Gasteiger partial charge < -0.3 is 0 Å². The minimum Gasteiger partial charge on any atom is -0.286 e. The van der Waals surface area contributed by atoms with E-state index in [1.165, 1.54) is 89.9 Å². The third-order valence-electron chi connectivity index (χ3n) is 6.07. The first-order valence-corrected chi connectivity index (χ1v) is 15.7. The Labute approximate surface area is 209 Å². The zero-order valence-corrected chi connectivity index (χ0v) is 23.2. The highest BCUT2D eigenvalue weighted by atomic mass is 32.2. The standard InChI is InChI=1S/C25H50F3N.CH4O3S/c1-3-5-7-9-11-13-15-17-19-21-23-29(25(26,27)28)24-22-20-18-16-14-12-10-8-6-4-2;1-5(2,3)4/h3-24H2,1-2H3;1H3,(H,2,3,4)/p+1. The molecule has 0 aliphatic rings. The van der Waals surface area contributed by atoms with Crippen molar-refractivity contribution in [2.75, 3.05) is 19.3 Å². The van der Waals surface area contributed by atoms with E-state index in [0.717, 1.165) is 25.7 Å². The van der Waals surface area contributed by atoms with Crippen molar-refractivity contribution in [2.45, 2.75) is 149 Å². The van der Waals surface area contributed by atoms with E-state index in [0.29, 0.717) is 19.1 Å². The number of hydrogen-bond acceptors (Lipinski definition) is 2. The van der Waals surface area contributed by atoms with Crippen molar-refractivity contribution in [1.82, 2.24) is 0 Å². The van der Waals surface area contributed by atoms with Gasteiger partial charge in [0.05, 0.1) is 19.3 Å². The Balaban J connectivity index is 0. The van der Waals surface area contributed by atoms with Crippen molar-refractivity contribution >= 4 is 10.1 Å². The maximum absolute atomic E-state index is 13.2. The Morgan fingerprint density at radius 2 is 0.765 bits per heavy atom. The van der Waals surface area contributed by atoms with Crippen LogP contribution in [0, 0.1) is 0 Å². The van der Waals surface area contributed by atoms with Crippen molar-refractivity contribution in [3.63, 3.8) is 0 Å². The van der Waals surface area contributed by atoms with Gasteiger partial charge in [0.1, 0.15) is 0 Å². The van der Waals surface area contributed by atoms with Gasteiger partial charge in [-0.15, -0.1) is 13.2 Å². The van der Waals surface area contributed by atoms with Gasteiger partial charge in [-0.1, -0.05) is 117 Å². The fourth-order valence-corrected chi connectivity index (χ4v) is 4.06. The summed E-state index contributed by atoms with van der Waals surface area (Å²) in [6, 6.07) is 0. The SMILES string of the molecule is CCCCCCCCCCCC[NH+](CCCCCCCCCCCC)C(F)(F)F.CS(=O)(=O)O. The molecule has 0 fully saturated rings. The summed E-state index contributed by atoms with van der Waals surface area (Å²) in [6.45, 7) is 4.97. The number of halogens is 3. The molecule has 0 rings (SSSR count). The van der Waals surface area contributed by atoms with Gasteiger partial charge >= 0.3 is 6.30 Å². The van der Waals surface area contributed by atoms with Gasteiger partial charge in [-0.25, -0.2) is 4.90 Å². The molecule has 8 heteroatoms. The van der Waals surface area contributed by atoms with Gasteiger partial charge in [-0.05, 0) is 25.7 Å². The second-order valence-corrected chi connectivity index (χ2v) is 11.2. The van der Waals surface area contributed by atoms with Crippen molar-refractivity contribution < 1.29 is 31.0 Å². The molecule has 34 heavy (non-hydrogen) atoms. The molecule has 2 N–H and O–H groups in total. The van der Waals surface area contributed by atoms with Crippen LogP contribution in [-0.2, 0) is 10.1 Å². The molecule has 0 radical (unpaired) electrons. The van der Waals surface area contributed by atoms with E-state index in [1.807, 2.05) is 0 Å². The summed E-state index contributed by atoms with van der Waals surface area (Å²) >= 11 is 0. The maximum Gasteiger partial charge on any atom is 0.559 e. The lowest BCUT2D eigenvalue weighted by Gasteiger charge is -2.21. The third-order valence-corrected chi connectivity index (χ3v) is 6.07. The van der Waals surface area contributed by atoms with E-state index >= 15 is 0 Å². The first-order chi connectivity index (χ1) is 16.0. The Bertz CT molecular complexity index is 482. The van der Waals surface area contributed by atoms with Crippen LogP contribution < -0.4 is 4.90 Å². The van der Waals surface area contributed by atoms with Crippen LogP contribution in [0.5, 0.6) is 0 Å². The molecule has 0 saturated heterocycles. The molecule has 4 nitrogen and oxygen atoms in total. The molecule has 0 aliphatic heterocycles. The van der Waals surface area contributed by atoms with E-state index in [4.69, 9.17) is 4.55 Å². The number of hydrogen-bond donors (Lipinski definition) is 2. The number of rotatable bonds is 22. The van der Waals surface area contributed by atoms with E-state index < -0.39 is 16.4 Å². The van der Waals surface area contributed by atoms with Crippen LogP contribution in [0.2, 0.25) is 0 Å². The number of quaternary nitrogens is 1. The first-order valence-electron chi connectivity index (χ1n) is 13.9. The Morgan fingerprint density at radius 1 is 0.559 bits per heavy atom. The van der Waals surface area contributed by atoms with Gasteiger partial charge in [-0.2, -0.15) is 8.42 Å². The summed E-state index contributed by atoms with van der Waals surface area (Å²) in [5.74, 6) is 0. The van der Waals surface area contributed by atoms with Gasteiger partial charge in [0.2, 0.25) is 0 Å². The molecule has 0 aromatic rings. The minimum absolute atomic E-state index is 0.156. The Hall–Kier alpha value is -0.340. The highest BCUT2D eigenvalue weighted by molar-refractivity contribution is 7.85. The first kappa shape index (κ1) is 35.8.